The van der Waals surface area contributed by atoms with E-state index in [0.717, 1.165) is 12.0 Å². The fraction of sp³-hybridized carbons (Fsp3) is 0.333. The highest BCUT2D eigenvalue weighted by molar-refractivity contribution is 5.79. The van der Waals surface area contributed by atoms with Gasteiger partial charge in [0.2, 0.25) is 11.7 Å². The highest BCUT2D eigenvalue weighted by Gasteiger charge is 2.20. The fourth-order valence-corrected chi connectivity index (χ4v) is 3.06. The van der Waals surface area contributed by atoms with Gasteiger partial charge in [0.15, 0.2) is 5.82 Å². The zero-order chi connectivity index (χ0) is 20.3. The van der Waals surface area contributed by atoms with Crippen molar-refractivity contribution in [1.29, 1.82) is 0 Å². The van der Waals surface area contributed by atoms with E-state index >= 15 is 0 Å². The standard InChI is InChI=1S/C21H25N5O2/c1-5-12-25-15(4)17(13-18(27)22-14(3)6-2)20(28)26-21(25)23-19(24-26)16-10-8-7-9-11-16/h5,7-11,14H,1,6,12-13H2,2-4H3,(H,22,27). The molecule has 0 spiro atoms. The van der Waals surface area contributed by atoms with Crippen molar-refractivity contribution in [2.45, 2.75) is 46.2 Å². The Balaban J connectivity index is 2.13. The van der Waals surface area contributed by atoms with Gasteiger partial charge in [-0.2, -0.15) is 9.50 Å². The maximum atomic E-state index is 13.1. The maximum Gasteiger partial charge on any atom is 0.279 e. The summed E-state index contributed by atoms with van der Waals surface area (Å²) in [5.41, 5.74) is 1.62. The molecule has 0 radical (unpaired) electrons. The molecule has 0 aliphatic heterocycles. The molecule has 0 saturated heterocycles. The minimum absolute atomic E-state index is 0.00260. The minimum atomic E-state index is -0.318. The summed E-state index contributed by atoms with van der Waals surface area (Å²) < 4.78 is 3.14. The molecule has 0 aliphatic rings. The number of carbonyl (C=O) groups is 1. The number of allylic oxidation sites excluding steroid dienone is 1. The number of hydrogen-bond donors (Lipinski definition) is 1. The van der Waals surface area contributed by atoms with Crippen molar-refractivity contribution in [2.24, 2.45) is 0 Å². The lowest BCUT2D eigenvalue weighted by molar-refractivity contribution is -0.121. The van der Waals surface area contributed by atoms with E-state index in [-0.39, 0.29) is 23.9 Å². The summed E-state index contributed by atoms with van der Waals surface area (Å²) in [5, 5.41) is 7.33. The van der Waals surface area contributed by atoms with Crippen molar-refractivity contribution in [1.82, 2.24) is 24.5 Å². The van der Waals surface area contributed by atoms with Gasteiger partial charge in [-0.05, 0) is 20.3 Å². The first kappa shape index (κ1) is 19.5. The van der Waals surface area contributed by atoms with Crippen LogP contribution in [-0.4, -0.2) is 31.1 Å². The smallest absolute Gasteiger partial charge is 0.279 e. The molecular weight excluding hydrogens is 354 g/mol. The Morgan fingerprint density at radius 1 is 1.32 bits per heavy atom. The van der Waals surface area contributed by atoms with Crippen molar-refractivity contribution in [3.8, 4) is 11.4 Å². The molecule has 0 bridgehead atoms. The number of aromatic nitrogens is 4. The summed E-state index contributed by atoms with van der Waals surface area (Å²) in [5.74, 6) is 0.728. The summed E-state index contributed by atoms with van der Waals surface area (Å²) in [4.78, 5) is 30.0. The molecule has 1 atom stereocenters. The summed E-state index contributed by atoms with van der Waals surface area (Å²) >= 11 is 0. The summed E-state index contributed by atoms with van der Waals surface area (Å²) in [6.45, 7) is 10.0. The Kier molecular flexibility index (Phi) is 5.73. The number of nitrogens with one attached hydrogen (secondary N) is 1. The van der Waals surface area contributed by atoms with E-state index in [4.69, 9.17) is 0 Å². The van der Waals surface area contributed by atoms with Crippen LogP contribution >= 0.6 is 0 Å². The van der Waals surface area contributed by atoms with Crippen LogP contribution in [0.5, 0.6) is 0 Å². The molecule has 2 heterocycles. The van der Waals surface area contributed by atoms with Gasteiger partial charge >= 0.3 is 0 Å². The van der Waals surface area contributed by atoms with E-state index < -0.39 is 0 Å². The third-order valence-corrected chi connectivity index (χ3v) is 4.82. The second kappa shape index (κ2) is 8.21. The molecule has 7 heteroatoms. The summed E-state index contributed by atoms with van der Waals surface area (Å²) in [6.07, 6.45) is 2.56. The van der Waals surface area contributed by atoms with Gasteiger partial charge in [0.25, 0.3) is 5.56 Å². The number of carbonyl (C=O) groups excluding carboxylic acids is 1. The highest BCUT2D eigenvalue weighted by atomic mass is 16.2. The average Bonchev–Trinajstić information content (AvgIpc) is 3.14. The quantitative estimate of drug-likeness (QED) is 0.640. The van der Waals surface area contributed by atoms with E-state index in [1.807, 2.05) is 55.7 Å². The lowest BCUT2D eigenvalue weighted by atomic mass is 10.1. The van der Waals surface area contributed by atoms with E-state index in [2.05, 4.69) is 22.0 Å². The molecule has 2 aromatic heterocycles. The monoisotopic (exact) mass is 379 g/mol. The Labute approximate surface area is 163 Å². The molecule has 7 nitrogen and oxygen atoms in total. The molecule has 3 rings (SSSR count). The van der Waals surface area contributed by atoms with Crippen LogP contribution < -0.4 is 10.9 Å². The normalized spacial score (nSPS) is 12.1. The second-order valence-corrected chi connectivity index (χ2v) is 6.84. The van der Waals surface area contributed by atoms with Crippen LogP contribution in [0.2, 0.25) is 0 Å². The molecule has 0 saturated carbocycles. The van der Waals surface area contributed by atoms with Gasteiger partial charge in [0, 0.05) is 29.4 Å². The molecule has 146 valence electrons. The number of fused-ring (bicyclic) bond motifs is 1. The zero-order valence-electron chi connectivity index (χ0n) is 16.5. The molecule has 1 unspecified atom stereocenters. The van der Waals surface area contributed by atoms with Crippen LogP contribution in [0, 0.1) is 6.92 Å². The van der Waals surface area contributed by atoms with Crippen molar-refractivity contribution in [3.63, 3.8) is 0 Å². The van der Waals surface area contributed by atoms with E-state index in [9.17, 15) is 9.59 Å². The average molecular weight is 379 g/mol. The third-order valence-electron chi connectivity index (χ3n) is 4.82. The Hall–Kier alpha value is -3.22. The van der Waals surface area contributed by atoms with Gasteiger partial charge in [-0.3, -0.25) is 9.59 Å². The van der Waals surface area contributed by atoms with Crippen LogP contribution in [0.25, 0.3) is 17.2 Å². The van der Waals surface area contributed by atoms with E-state index in [1.54, 1.807) is 6.08 Å². The van der Waals surface area contributed by atoms with Crippen LogP contribution in [0.3, 0.4) is 0 Å². The second-order valence-electron chi connectivity index (χ2n) is 6.84. The van der Waals surface area contributed by atoms with Gasteiger partial charge in [-0.15, -0.1) is 11.7 Å². The highest BCUT2D eigenvalue weighted by Crippen LogP contribution is 2.17. The predicted octanol–water partition coefficient (Wildman–Crippen LogP) is 2.51. The number of amides is 1. The van der Waals surface area contributed by atoms with Crippen LogP contribution in [-0.2, 0) is 17.8 Å². The topological polar surface area (TPSA) is 81.3 Å². The fourth-order valence-electron chi connectivity index (χ4n) is 3.06. The number of rotatable bonds is 7. The Morgan fingerprint density at radius 2 is 2.04 bits per heavy atom. The first-order valence-corrected chi connectivity index (χ1v) is 9.41. The van der Waals surface area contributed by atoms with Crippen molar-refractivity contribution < 1.29 is 4.79 Å². The number of hydrogen-bond acceptors (Lipinski definition) is 4. The Morgan fingerprint density at radius 3 is 2.68 bits per heavy atom. The number of benzene rings is 1. The van der Waals surface area contributed by atoms with Gasteiger partial charge in [-0.1, -0.05) is 43.3 Å². The van der Waals surface area contributed by atoms with Crippen molar-refractivity contribution >= 4 is 11.7 Å². The summed E-state index contributed by atoms with van der Waals surface area (Å²) in [7, 11) is 0. The molecular formula is C21H25N5O2. The van der Waals surface area contributed by atoms with Crippen LogP contribution in [0.15, 0.2) is 47.8 Å². The molecule has 1 aromatic carbocycles. The zero-order valence-corrected chi connectivity index (χ0v) is 16.5. The molecule has 1 N–H and O–H groups in total. The van der Waals surface area contributed by atoms with Crippen LogP contribution in [0.4, 0.5) is 0 Å². The molecule has 28 heavy (non-hydrogen) atoms. The minimum Gasteiger partial charge on any atom is -0.353 e. The molecule has 1 amide bonds. The lowest BCUT2D eigenvalue weighted by Gasteiger charge is -2.15. The largest absolute Gasteiger partial charge is 0.353 e. The van der Waals surface area contributed by atoms with Crippen molar-refractivity contribution in [2.75, 3.05) is 0 Å². The lowest BCUT2D eigenvalue weighted by Crippen LogP contribution is -2.36. The molecule has 0 aliphatic carbocycles. The van der Waals surface area contributed by atoms with Gasteiger partial charge in [0.1, 0.15) is 0 Å². The third kappa shape index (κ3) is 3.74. The maximum absolute atomic E-state index is 13.1. The summed E-state index contributed by atoms with van der Waals surface area (Å²) in [6, 6.07) is 9.55. The van der Waals surface area contributed by atoms with E-state index in [0.29, 0.717) is 29.4 Å². The molecule has 0 fully saturated rings. The number of nitrogens with zero attached hydrogens (tertiary/aromatic N) is 4. The first-order valence-electron chi connectivity index (χ1n) is 9.41. The van der Waals surface area contributed by atoms with Gasteiger partial charge in [0.05, 0.1) is 6.42 Å². The van der Waals surface area contributed by atoms with Gasteiger partial charge < -0.3 is 9.88 Å². The van der Waals surface area contributed by atoms with E-state index in [1.165, 1.54) is 4.52 Å². The molecule has 3 aromatic rings. The van der Waals surface area contributed by atoms with Crippen molar-refractivity contribution in [3.05, 3.63) is 64.6 Å². The first-order chi connectivity index (χ1) is 13.5. The van der Waals surface area contributed by atoms with Gasteiger partial charge in [-0.25, -0.2) is 0 Å². The predicted molar refractivity (Wildman–Crippen MR) is 109 cm³/mol. The SMILES string of the molecule is C=CCn1c(C)c(CC(=O)NC(C)CC)c(=O)n2nc(-c3ccccc3)nc12. The Bertz CT molecular complexity index is 1070. The van der Waals surface area contributed by atoms with Crippen LogP contribution in [0.1, 0.15) is 31.5 Å².